The number of amides is 2. The van der Waals surface area contributed by atoms with Gasteiger partial charge in [0, 0.05) is 37.7 Å². The van der Waals surface area contributed by atoms with E-state index in [4.69, 9.17) is 0 Å². The van der Waals surface area contributed by atoms with Crippen LogP contribution in [0.2, 0.25) is 0 Å². The van der Waals surface area contributed by atoms with Crippen LogP contribution in [0.3, 0.4) is 0 Å². The number of imide groups is 1. The third-order valence-corrected chi connectivity index (χ3v) is 2.81. The minimum atomic E-state index is -0.0525. The van der Waals surface area contributed by atoms with Gasteiger partial charge in [0.2, 0.25) is 11.8 Å². The van der Waals surface area contributed by atoms with Gasteiger partial charge in [-0.05, 0) is 5.92 Å². The second-order valence-electron chi connectivity index (χ2n) is 4.28. The Balaban J connectivity index is 1.93. The first-order valence-electron chi connectivity index (χ1n) is 5.47. The lowest BCUT2D eigenvalue weighted by Crippen LogP contribution is -2.43. The van der Waals surface area contributed by atoms with Crippen LogP contribution in [0.25, 0.3) is 0 Å². The summed E-state index contributed by atoms with van der Waals surface area (Å²) < 4.78 is 0. The summed E-state index contributed by atoms with van der Waals surface area (Å²) in [5, 5.41) is 0. The lowest BCUT2D eigenvalue weighted by atomic mass is 9.97. The molecule has 16 heavy (non-hydrogen) atoms. The molecule has 5 nitrogen and oxygen atoms in total. The number of likely N-dealkylation sites (tertiary alicyclic amines) is 1. The Bertz CT molecular complexity index is 368. The van der Waals surface area contributed by atoms with Gasteiger partial charge in [0.1, 0.15) is 0 Å². The predicted molar refractivity (Wildman–Crippen MR) is 57.4 cm³/mol. The van der Waals surface area contributed by atoms with Crippen molar-refractivity contribution in [2.75, 3.05) is 6.54 Å². The van der Waals surface area contributed by atoms with Crippen molar-refractivity contribution in [1.29, 1.82) is 0 Å². The molecule has 2 rings (SSSR count). The van der Waals surface area contributed by atoms with Crippen molar-refractivity contribution in [3.05, 3.63) is 18.2 Å². The van der Waals surface area contributed by atoms with Gasteiger partial charge < -0.3 is 4.98 Å². The first-order chi connectivity index (χ1) is 7.66. The molecule has 5 heteroatoms. The second-order valence-corrected chi connectivity index (χ2v) is 4.28. The van der Waals surface area contributed by atoms with E-state index >= 15 is 0 Å². The van der Waals surface area contributed by atoms with Gasteiger partial charge in [-0.3, -0.25) is 14.5 Å². The molecular weight excluding hydrogens is 206 g/mol. The molecule has 0 radical (unpaired) electrons. The van der Waals surface area contributed by atoms with Gasteiger partial charge in [-0.2, -0.15) is 0 Å². The number of imidazole rings is 1. The summed E-state index contributed by atoms with van der Waals surface area (Å²) in [4.78, 5) is 31.5. The zero-order valence-corrected chi connectivity index (χ0v) is 9.27. The van der Waals surface area contributed by atoms with Crippen LogP contribution in [0, 0.1) is 5.92 Å². The van der Waals surface area contributed by atoms with Gasteiger partial charge >= 0.3 is 0 Å². The van der Waals surface area contributed by atoms with Gasteiger partial charge in [-0.1, -0.05) is 6.92 Å². The molecular formula is C11H15N3O2. The lowest BCUT2D eigenvalue weighted by molar-refractivity contribution is -0.149. The number of nitrogens with zero attached hydrogens (tertiary/aromatic N) is 2. The average Bonchev–Trinajstić information content (AvgIpc) is 2.68. The van der Waals surface area contributed by atoms with Gasteiger partial charge in [-0.25, -0.2) is 4.98 Å². The van der Waals surface area contributed by atoms with Crippen molar-refractivity contribution in [2.24, 2.45) is 5.92 Å². The maximum atomic E-state index is 11.7. The van der Waals surface area contributed by atoms with E-state index in [2.05, 4.69) is 9.97 Å². The quantitative estimate of drug-likeness (QED) is 0.765. The largest absolute Gasteiger partial charge is 0.348 e. The Labute approximate surface area is 93.9 Å². The minimum absolute atomic E-state index is 0.0525. The predicted octanol–water partition coefficient (Wildman–Crippen LogP) is 0.737. The molecule has 1 saturated heterocycles. The smallest absolute Gasteiger partial charge is 0.229 e. The summed E-state index contributed by atoms with van der Waals surface area (Å²) in [6, 6.07) is 0. The number of nitrogens with one attached hydrogen (secondary N) is 1. The van der Waals surface area contributed by atoms with Crippen LogP contribution in [0.4, 0.5) is 0 Å². The third-order valence-electron chi connectivity index (χ3n) is 2.81. The normalized spacial score (nSPS) is 18.2. The molecule has 0 bridgehead atoms. The van der Waals surface area contributed by atoms with Crippen LogP contribution in [-0.2, 0) is 16.0 Å². The number of rotatable bonds is 3. The number of hydrogen-bond donors (Lipinski definition) is 1. The Kier molecular flexibility index (Phi) is 3.03. The fourth-order valence-corrected chi connectivity index (χ4v) is 1.93. The van der Waals surface area contributed by atoms with E-state index in [1.807, 2.05) is 6.92 Å². The molecule has 0 aliphatic carbocycles. The number of carbonyl (C=O) groups is 2. The minimum Gasteiger partial charge on any atom is -0.348 e. The molecule has 0 atom stereocenters. The molecule has 0 saturated carbocycles. The topological polar surface area (TPSA) is 66.1 Å². The number of hydrogen-bond acceptors (Lipinski definition) is 3. The third kappa shape index (κ3) is 2.29. The van der Waals surface area contributed by atoms with Crippen LogP contribution in [0.1, 0.15) is 25.5 Å². The number of aromatic amines is 1. The van der Waals surface area contributed by atoms with Crippen molar-refractivity contribution in [3.8, 4) is 0 Å². The lowest BCUT2D eigenvalue weighted by Gasteiger charge is -2.28. The molecule has 86 valence electrons. The molecule has 2 heterocycles. The fourth-order valence-electron chi connectivity index (χ4n) is 1.93. The summed E-state index contributed by atoms with van der Waals surface area (Å²) >= 11 is 0. The van der Waals surface area contributed by atoms with E-state index in [9.17, 15) is 9.59 Å². The number of carbonyl (C=O) groups excluding carboxylic acids is 2. The molecule has 0 spiro atoms. The highest BCUT2D eigenvalue weighted by Gasteiger charge is 2.29. The van der Waals surface area contributed by atoms with Crippen LogP contribution in [-0.4, -0.2) is 33.2 Å². The van der Waals surface area contributed by atoms with Gasteiger partial charge in [0.25, 0.3) is 0 Å². The zero-order valence-electron chi connectivity index (χ0n) is 9.27. The second kappa shape index (κ2) is 4.47. The summed E-state index contributed by atoms with van der Waals surface area (Å²) in [5.74, 6) is 0.0786. The molecule has 2 amide bonds. The first kappa shape index (κ1) is 10.9. The van der Waals surface area contributed by atoms with Crippen molar-refractivity contribution in [2.45, 2.75) is 26.2 Å². The van der Waals surface area contributed by atoms with Crippen molar-refractivity contribution in [1.82, 2.24) is 14.9 Å². The van der Waals surface area contributed by atoms with E-state index in [0.29, 0.717) is 25.8 Å². The summed E-state index contributed by atoms with van der Waals surface area (Å²) in [7, 11) is 0. The van der Waals surface area contributed by atoms with E-state index in [1.165, 1.54) is 4.90 Å². The molecule has 1 aromatic rings. The Hall–Kier alpha value is -1.65. The first-order valence-corrected chi connectivity index (χ1v) is 5.47. The van der Waals surface area contributed by atoms with Crippen molar-refractivity contribution < 1.29 is 9.59 Å². The van der Waals surface area contributed by atoms with Gasteiger partial charge in [0.15, 0.2) is 0 Å². The Morgan fingerprint density at radius 1 is 1.44 bits per heavy atom. The highest BCUT2D eigenvalue weighted by Crippen LogP contribution is 2.18. The maximum absolute atomic E-state index is 11.7. The molecule has 0 unspecified atom stereocenters. The molecule has 1 fully saturated rings. The molecule has 1 N–H and O–H groups in total. The van der Waals surface area contributed by atoms with Crippen LogP contribution >= 0.6 is 0 Å². The van der Waals surface area contributed by atoms with Crippen LogP contribution < -0.4 is 0 Å². The fraction of sp³-hybridized carbons (Fsp3) is 0.545. The zero-order chi connectivity index (χ0) is 11.5. The van der Waals surface area contributed by atoms with Crippen LogP contribution in [0.15, 0.2) is 12.5 Å². The SMILES string of the molecule is CC1CC(=O)N(CCc2cnc[nH]2)C(=O)C1. The van der Waals surface area contributed by atoms with E-state index in [1.54, 1.807) is 12.5 Å². The number of H-pyrrole nitrogens is 1. The van der Waals surface area contributed by atoms with Crippen molar-refractivity contribution >= 4 is 11.8 Å². The van der Waals surface area contributed by atoms with E-state index < -0.39 is 0 Å². The van der Waals surface area contributed by atoms with Crippen LogP contribution in [0.5, 0.6) is 0 Å². The van der Waals surface area contributed by atoms with Gasteiger partial charge in [-0.15, -0.1) is 0 Å². The summed E-state index contributed by atoms with van der Waals surface area (Å²) in [6.07, 6.45) is 4.91. The molecule has 1 aliphatic rings. The highest BCUT2D eigenvalue weighted by molar-refractivity contribution is 5.97. The van der Waals surface area contributed by atoms with E-state index in [-0.39, 0.29) is 17.7 Å². The Morgan fingerprint density at radius 3 is 2.69 bits per heavy atom. The maximum Gasteiger partial charge on any atom is 0.229 e. The summed E-state index contributed by atoms with van der Waals surface area (Å²) in [6.45, 7) is 2.38. The van der Waals surface area contributed by atoms with Crippen molar-refractivity contribution in [3.63, 3.8) is 0 Å². The van der Waals surface area contributed by atoms with Gasteiger partial charge in [0.05, 0.1) is 6.33 Å². The Morgan fingerprint density at radius 2 is 2.12 bits per heavy atom. The number of piperidine rings is 1. The number of aromatic nitrogens is 2. The highest BCUT2D eigenvalue weighted by atomic mass is 16.2. The monoisotopic (exact) mass is 221 g/mol. The molecule has 1 aromatic heterocycles. The van der Waals surface area contributed by atoms with E-state index in [0.717, 1.165) is 5.69 Å². The molecule has 1 aliphatic heterocycles. The standard InChI is InChI=1S/C11H15N3O2/c1-8-4-10(15)14(11(16)5-8)3-2-9-6-12-7-13-9/h6-8H,2-5H2,1H3,(H,12,13). The summed E-state index contributed by atoms with van der Waals surface area (Å²) in [5.41, 5.74) is 0.944. The average molecular weight is 221 g/mol. The molecule has 0 aromatic carbocycles.